The number of hydrogen-bond donors (Lipinski definition) is 2. The van der Waals surface area contributed by atoms with Crippen LogP contribution in [-0.4, -0.2) is 43.1 Å². The molecular weight excluding hydrogens is 374 g/mol. The number of carbonyl (C=O) groups is 1. The van der Waals surface area contributed by atoms with Crippen LogP contribution in [0.5, 0.6) is 5.75 Å². The van der Waals surface area contributed by atoms with Gasteiger partial charge in [-0.3, -0.25) is 4.79 Å². The summed E-state index contributed by atoms with van der Waals surface area (Å²) in [5.41, 5.74) is 12.9. The third-order valence-corrected chi connectivity index (χ3v) is 5.21. The van der Waals surface area contributed by atoms with Crippen LogP contribution in [-0.2, 0) is 11.2 Å². The summed E-state index contributed by atoms with van der Waals surface area (Å²) in [6, 6.07) is 23.8. The van der Waals surface area contributed by atoms with Crippen LogP contribution in [0.2, 0.25) is 0 Å². The molecule has 3 rings (SSSR count). The van der Waals surface area contributed by atoms with E-state index in [2.05, 4.69) is 24.3 Å². The SMILES string of the molecule is NCCC[C@H](N)C(=O)N(CCOc1ccc2ccccc2c1)CCc1ccccc1. The van der Waals surface area contributed by atoms with Crippen molar-refractivity contribution in [1.29, 1.82) is 0 Å². The van der Waals surface area contributed by atoms with E-state index in [9.17, 15) is 4.79 Å². The van der Waals surface area contributed by atoms with E-state index in [1.54, 1.807) is 0 Å². The zero-order valence-electron chi connectivity index (χ0n) is 17.4. The van der Waals surface area contributed by atoms with E-state index in [0.717, 1.165) is 24.0 Å². The Morgan fingerprint density at radius 1 is 0.933 bits per heavy atom. The molecular formula is C25H31N3O2. The minimum absolute atomic E-state index is 0.0403. The third-order valence-electron chi connectivity index (χ3n) is 5.21. The van der Waals surface area contributed by atoms with Crippen LogP contribution in [0.25, 0.3) is 10.8 Å². The Labute approximate surface area is 178 Å². The van der Waals surface area contributed by atoms with E-state index in [1.807, 2.05) is 53.4 Å². The highest BCUT2D eigenvalue weighted by molar-refractivity contribution is 5.83. The van der Waals surface area contributed by atoms with Gasteiger partial charge in [-0.1, -0.05) is 60.7 Å². The summed E-state index contributed by atoms with van der Waals surface area (Å²) in [5.74, 6) is 0.762. The Kier molecular flexibility index (Phi) is 8.24. The van der Waals surface area contributed by atoms with E-state index in [0.29, 0.717) is 32.7 Å². The molecule has 0 heterocycles. The van der Waals surface area contributed by atoms with Crippen LogP contribution >= 0.6 is 0 Å². The highest BCUT2D eigenvalue weighted by Gasteiger charge is 2.20. The number of nitrogens with two attached hydrogens (primary N) is 2. The van der Waals surface area contributed by atoms with Gasteiger partial charge in [-0.05, 0) is 54.3 Å². The van der Waals surface area contributed by atoms with Crippen molar-refractivity contribution in [2.75, 3.05) is 26.2 Å². The molecule has 0 aliphatic rings. The molecule has 0 saturated carbocycles. The molecule has 0 aliphatic heterocycles. The van der Waals surface area contributed by atoms with Gasteiger partial charge in [0.2, 0.25) is 5.91 Å². The largest absolute Gasteiger partial charge is 0.492 e. The Bertz CT molecular complexity index is 930. The topological polar surface area (TPSA) is 81.6 Å². The summed E-state index contributed by atoms with van der Waals surface area (Å²) < 4.78 is 5.95. The van der Waals surface area contributed by atoms with Crippen molar-refractivity contribution in [2.24, 2.45) is 11.5 Å². The molecule has 4 N–H and O–H groups in total. The van der Waals surface area contributed by atoms with Gasteiger partial charge in [0.05, 0.1) is 12.6 Å². The molecule has 0 aliphatic carbocycles. The van der Waals surface area contributed by atoms with Gasteiger partial charge in [0.1, 0.15) is 12.4 Å². The van der Waals surface area contributed by atoms with Gasteiger partial charge >= 0.3 is 0 Å². The average Bonchev–Trinajstić information content (AvgIpc) is 2.79. The lowest BCUT2D eigenvalue weighted by Crippen LogP contribution is -2.46. The summed E-state index contributed by atoms with van der Waals surface area (Å²) in [4.78, 5) is 14.7. The molecule has 158 valence electrons. The second-order valence-electron chi connectivity index (χ2n) is 7.46. The van der Waals surface area contributed by atoms with Gasteiger partial charge in [-0.2, -0.15) is 0 Å². The Hall–Kier alpha value is -2.89. The number of carbonyl (C=O) groups excluding carboxylic acids is 1. The van der Waals surface area contributed by atoms with Crippen molar-refractivity contribution >= 4 is 16.7 Å². The van der Waals surface area contributed by atoms with Crippen LogP contribution in [0.4, 0.5) is 0 Å². The molecule has 5 nitrogen and oxygen atoms in total. The van der Waals surface area contributed by atoms with Crippen LogP contribution < -0.4 is 16.2 Å². The molecule has 5 heteroatoms. The fourth-order valence-electron chi connectivity index (χ4n) is 3.47. The average molecular weight is 406 g/mol. The number of ether oxygens (including phenoxy) is 1. The molecule has 1 amide bonds. The molecule has 0 bridgehead atoms. The first-order valence-electron chi connectivity index (χ1n) is 10.6. The first-order valence-corrected chi connectivity index (χ1v) is 10.6. The zero-order chi connectivity index (χ0) is 21.2. The summed E-state index contributed by atoms with van der Waals surface area (Å²) in [6.45, 7) is 2.06. The summed E-state index contributed by atoms with van der Waals surface area (Å²) in [7, 11) is 0. The quantitative estimate of drug-likeness (QED) is 0.513. The first kappa shape index (κ1) is 21.8. The van der Waals surface area contributed by atoms with E-state index in [1.165, 1.54) is 10.9 Å². The lowest BCUT2D eigenvalue weighted by molar-refractivity contribution is -0.133. The zero-order valence-corrected chi connectivity index (χ0v) is 17.4. The minimum Gasteiger partial charge on any atom is -0.492 e. The number of fused-ring (bicyclic) bond motifs is 1. The minimum atomic E-state index is -0.523. The van der Waals surface area contributed by atoms with Crippen LogP contribution in [0, 0.1) is 0 Å². The molecule has 0 unspecified atom stereocenters. The molecule has 3 aromatic rings. The number of nitrogens with zero attached hydrogens (tertiary/aromatic N) is 1. The van der Waals surface area contributed by atoms with Crippen molar-refractivity contribution < 1.29 is 9.53 Å². The lowest BCUT2D eigenvalue weighted by Gasteiger charge is -2.26. The smallest absolute Gasteiger partial charge is 0.239 e. The van der Waals surface area contributed by atoms with Crippen molar-refractivity contribution in [1.82, 2.24) is 4.90 Å². The van der Waals surface area contributed by atoms with Gasteiger partial charge in [0.25, 0.3) is 0 Å². The van der Waals surface area contributed by atoms with Crippen LogP contribution in [0.15, 0.2) is 72.8 Å². The Balaban J connectivity index is 1.60. The molecule has 30 heavy (non-hydrogen) atoms. The highest BCUT2D eigenvalue weighted by atomic mass is 16.5. The van der Waals surface area contributed by atoms with Crippen molar-refractivity contribution in [3.8, 4) is 5.75 Å². The van der Waals surface area contributed by atoms with Gasteiger partial charge in [0, 0.05) is 6.54 Å². The first-order chi connectivity index (χ1) is 14.7. The maximum atomic E-state index is 12.9. The van der Waals surface area contributed by atoms with Crippen LogP contribution in [0.1, 0.15) is 18.4 Å². The molecule has 0 fully saturated rings. The van der Waals surface area contributed by atoms with Crippen molar-refractivity contribution in [3.05, 3.63) is 78.4 Å². The molecule has 3 aromatic carbocycles. The second-order valence-corrected chi connectivity index (χ2v) is 7.46. The summed E-state index contributed by atoms with van der Waals surface area (Å²) >= 11 is 0. The Morgan fingerprint density at radius 3 is 2.43 bits per heavy atom. The highest BCUT2D eigenvalue weighted by Crippen LogP contribution is 2.20. The van der Waals surface area contributed by atoms with E-state index in [-0.39, 0.29) is 5.91 Å². The van der Waals surface area contributed by atoms with Gasteiger partial charge in [-0.25, -0.2) is 0 Å². The monoisotopic (exact) mass is 405 g/mol. The summed E-state index contributed by atoms with van der Waals surface area (Å²) in [5, 5.41) is 2.31. The fourth-order valence-corrected chi connectivity index (χ4v) is 3.47. The van der Waals surface area contributed by atoms with Crippen molar-refractivity contribution in [3.63, 3.8) is 0 Å². The van der Waals surface area contributed by atoms with Crippen molar-refractivity contribution in [2.45, 2.75) is 25.3 Å². The molecule has 0 radical (unpaired) electrons. The second kappa shape index (κ2) is 11.3. The van der Waals surface area contributed by atoms with Gasteiger partial charge in [-0.15, -0.1) is 0 Å². The summed E-state index contributed by atoms with van der Waals surface area (Å²) in [6.07, 6.45) is 2.13. The fraction of sp³-hybridized carbons (Fsp3) is 0.320. The predicted octanol–water partition coefficient (Wildman–Crippen LogP) is 3.36. The lowest BCUT2D eigenvalue weighted by atomic mass is 10.1. The van der Waals surface area contributed by atoms with Crippen LogP contribution in [0.3, 0.4) is 0 Å². The normalized spacial score (nSPS) is 11.9. The number of amides is 1. The van der Waals surface area contributed by atoms with Gasteiger partial charge < -0.3 is 21.1 Å². The van der Waals surface area contributed by atoms with E-state index < -0.39 is 6.04 Å². The maximum absolute atomic E-state index is 12.9. The van der Waals surface area contributed by atoms with E-state index in [4.69, 9.17) is 16.2 Å². The standard InChI is InChI=1S/C25H31N3O2/c26-15-6-11-24(27)25(29)28(16-14-20-7-2-1-3-8-20)17-18-30-23-13-12-21-9-4-5-10-22(21)19-23/h1-5,7-10,12-13,19,24H,6,11,14-18,26-27H2/t24-/m0/s1. The predicted molar refractivity (Wildman–Crippen MR) is 122 cm³/mol. The third kappa shape index (κ3) is 6.31. The van der Waals surface area contributed by atoms with Gasteiger partial charge in [0.15, 0.2) is 0 Å². The molecule has 1 atom stereocenters. The molecule has 0 spiro atoms. The number of rotatable bonds is 11. The maximum Gasteiger partial charge on any atom is 0.239 e. The van der Waals surface area contributed by atoms with E-state index >= 15 is 0 Å². The Morgan fingerprint density at radius 2 is 1.67 bits per heavy atom. The molecule has 0 aromatic heterocycles. The number of benzene rings is 3. The molecule has 0 saturated heterocycles. The number of hydrogen-bond acceptors (Lipinski definition) is 4.